The predicted octanol–water partition coefficient (Wildman–Crippen LogP) is 2.55. The maximum atomic E-state index is 12.6. The van der Waals surface area contributed by atoms with E-state index in [0.717, 1.165) is 17.5 Å². The molecule has 0 aliphatic carbocycles. The van der Waals surface area contributed by atoms with Gasteiger partial charge in [-0.1, -0.05) is 0 Å². The van der Waals surface area contributed by atoms with Gasteiger partial charge in [0.05, 0.1) is 33.0 Å². The summed E-state index contributed by atoms with van der Waals surface area (Å²) in [5.74, 6) is 2.07. The van der Waals surface area contributed by atoms with Crippen LogP contribution in [0.25, 0.3) is 0 Å². The zero-order valence-electron chi connectivity index (χ0n) is 16.2. The Bertz CT molecular complexity index is 920. The quantitative estimate of drug-likeness (QED) is 0.764. The molecule has 1 heterocycles. The minimum atomic E-state index is -0.119. The third-order valence-electron chi connectivity index (χ3n) is 4.71. The van der Waals surface area contributed by atoms with E-state index in [1.165, 1.54) is 7.11 Å². The van der Waals surface area contributed by atoms with Crippen LogP contribution in [0.5, 0.6) is 23.0 Å². The minimum Gasteiger partial charge on any atom is -0.493 e. The molecule has 146 valence electrons. The first kappa shape index (κ1) is 19.4. The summed E-state index contributed by atoms with van der Waals surface area (Å²) in [6, 6.07) is 10.8. The molecule has 0 saturated carbocycles. The molecule has 3 rings (SSSR count). The molecule has 0 unspecified atom stereocenters. The largest absolute Gasteiger partial charge is 0.493 e. The molecule has 7 nitrogen and oxygen atoms in total. The average Bonchev–Trinajstić information content (AvgIpc) is 2.75. The summed E-state index contributed by atoms with van der Waals surface area (Å²) in [7, 11) is 4.70. The summed E-state index contributed by atoms with van der Waals surface area (Å²) in [4.78, 5) is 14.4. The van der Waals surface area contributed by atoms with Gasteiger partial charge in [0.15, 0.2) is 29.6 Å². The van der Waals surface area contributed by atoms with Crippen LogP contribution in [-0.2, 0) is 17.8 Å². The van der Waals surface area contributed by atoms with Crippen LogP contribution in [0, 0.1) is 11.3 Å². The van der Waals surface area contributed by atoms with E-state index in [2.05, 4.69) is 0 Å². The van der Waals surface area contributed by atoms with E-state index in [1.807, 2.05) is 18.2 Å². The van der Waals surface area contributed by atoms with Crippen LogP contribution in [0.4, 0.5) is 0 Å². The average molecular weight is 382 g/mol. The van der Waals surface area contributed by atoms with Crippen LogP contribution in [0.3, 0.4) is 0 Å². The molecule has 1 amide bonds. The van der Waals surface area contributed by atoms with Crippen LogP contribution in [0.2, 0.25) is 0 Å². The monoisotopic (exact) mass is 382 g/mol. The summed E-state index contributed by atoms with van der Waals surface area (Å²) >= 11 is 0. The first-order valence-electron chi connectivity index (χ1n) is 8.82. The Balaban J connectivity index is 1.68. The van der Waals surface area contributed by atoms with Gasteiger partial charge in [0, 0.05) is 19.2 Å². The number of benzene rings is 2. The Morgan fingerprint density at radius 1 is 1.00 bits per heavy atom. The molecule has 1 aliphatic heterocycles. The van der Waals surface area contributed by atoms with Gasteiger partial charge >= 0.3 is 0 Å². The highest BCUT2D eigenvalue weighted by atomic mass is 16.5. The number of hydrogen-bond donors (Lipinski definition) is 0. The van der Waals surface area contributed by atoms with Crippen molar-refractivity contribution in [1.29, 1.82) is 5.26 Å². The summed E-state index contributed by atoms with van der Waals surface area (Å²) in [5, 5.41) is 8.96. The first-order valence-corrected chi connectivity index (χ1v) is 8.82. The van der Waals surface area contributed by atoms with Crippen molar-refractivity contribution in [3.63, 3.8) is 0 Å². The number of rotatable bonds is 6. The highest BCUT2D eigenvalue weighted by molar-refractivity contribution is 5.78. The standard InChI is InChI=1S/C21H22N2O5/c1-25-18-8-14(11-22)4-5-17(18)28-13-21(24)23-7-6-15-9-19(26-2)20(27-3)10-16(15)12-23/h4-5,8-10H,6-7,12-13H2,1-3H3. The maximum Gasteiger partial charge on any atom is 0.260 e. The molecule has 0 bridgehead atoms. The number of fused-ring (bicyclic) bond motifs is 1. The van der Waals surface area contributed by atoms with Gasteiger partial charge < -0.3 is 23.8 Å². The molecule has 0 N–H and O–H groups in total. The molecule has 0 spiro atoms. The van der Waals surface area contributed by atoms with Crippen molar-refractivity contribution < 1.29 is 23.7 Å². The van der Waals surface area contributed by atoms with E-state index in [9.17, 15) is 4.79 Å². The van der Waals surface area contributed by atoms with Gasteiger partial charge in [0.2, 0.25) is 0 Å². The number of hydrogen-bond acceptors (Lipinski definition) is 6. The topological polar surface area (TPSA) is 81.0 Å². The Hall–Kier alpha value is -3.40. The van der Waals surface area contributed by atoms with Gasteiger partial charge in [-0.15, -0.1) is 0 Å². The van der Waals surface area contributed by atoms with Gasteiger partial charge in [-0.05, 0) is 41.8 Å². The second-order valence-corrected chi connectivity index (χ2v) is 6.31. The fraction of sp³-hybridized carbons (Fsp3) is 0.333. The SMILES string of the molecule is COc1cc2c(cc1OC)CN(C(=O)COc1ccc(C#N)cc1OC)CC2. The Labute approximate surface area is 164 Å². The van der Waals surface area contributed by atoms with Gasteiger partial charge in [0.1, 0.15) is 0 Å². The van der Waals surface area contributed by atoms with Gasteiger partial charge in [0.25, 0.3) is 5.91 Å². The van der Waals surface area contributed by atoms with Crippen LogP contribution in [-0.4, -0.2) is 45.3 Å². The lowest BCUT2D eigenvalue weighted by atomic mass is 9.99. The normalized spacial score (nSPS) is 12.6. The number of amides is 1. The van der Waals surface area contributed by atoms with E-state index >= 15 is 0 Å². The maximum absolute atomic E-state index is 12.6. The molecule has 1 aliphatic rings. The van der Waals surface area contributed by atoms with Crippen molar-refractivity contribution in [3.8, 4) is 29.1 Å². The Morgan fingerprint density at radius 2 is 1.64 bits per heavy atom. The smallest absolute Gasteiger partial charge is 0.260 e. The van der Waals surface area contributed by atoms with Crippen molar-refractivity contribution in [2.24, 2.45) is 0 Å². The second kappa shape index (κ2) is 8.53. The highest BCUT2D eigenvalue weighted by Gasteiger charge is 2.23. The lowest BCUT2D eigenvalue weighted by Gasteiger charge is -2.29. The summed E-state index contributed by atoms with van der Waals surface area (Å²) < 4.78 is 21.6. The minimum absolute atomic E-state index is 0.106. The molecule has 0 atom stereocenters. The van der Waals surface area contributed by atoms with Gasteiger partial charge in [-0.2, -0.15) is 5.26 Å². The molecule has 28 heavy (non-hydrogen) atoms. The second-order valence-electron chi connectivity index (χ2n) is 6.31. The third kappa shape index (κ3) is 3.96. The van der Waals surface area contributed by atoms with E-state index in [-0.39, 0.29) is 12.5 Å². The number of methoxy groups -OCH3 is 3. The molecule has 0 fully saturated rings. The molecule has 7 heteroatoms. The fourth-order valence-corrected chi connectivity index (χ4v) is 3.18. The molecule has 0 radical (unpaired) electrons. The van der Waals surface area contributed by atoms with Crippen molar-refractivity contribution in [1.82, 2.24) is 4.90 Å². The van der Waals surface area contributed by atoms with Crippen LogP contribution in [0.15, 0.2) is 30.3 Å². The summed E-state index contributed by atoms with van der Waals surface area (Å²) in [5.41, 5.74) is 2.65. The molecule has 2 aromatic carbocycles. The van der Waals surface area contributed by atoms with Crippen molar-refractivity contribution in [2.45, 2.75) is 13.0 Å². The first-order chi connectivity index (χ1) is 13.6. The van der Waals surface area contributed by atoms with Crippen molar-refractivity contribution in [2.75, 3.05) is 34.5 Å². The summed E-state index contributed by atoms with van der Waals surface area (Å²) in [6.07, 6.45) is 0.738. The van der Waals surface area contributed by atoms with Crippen molar-refractivity contribution >= 4 is 5.91 Å². The lowest BCUT2D eigenvalue weighted by molar-refractivity contribution is -0.134. The zero-order valence-corrected chi connectivity index (χ0v) is 16.2. The fourth-order valence-electron chi connectivity index (χ4n) is 3.18. The molecular weight excluding hydrogens is 360 g/mol. The number of ether oxygens (including phenoxy) is 4. The number of nitrogens with zero attached hydrogens (tertiary/aromatic N) is 2. The Kier molecular flexibility index (Phi) is 5.90. The molecular formula is C21H22N2O5. The third-order valence-corrected chi connectivity index (χ3v) is 4.71. The predicted molar refractivity (Wildman–Crippen MR) is 102 cm³/mol. The number of carbonyl (C=O) groups is 1. The number of nitriles is 1. The van der Waals surface area contributed by atoms with E-state index in [4.69, 9.17) is 24.2 Å². The van der Waals surface area contributed by atoms with E-state index in [0.29, 0.717) is 41.7 Å². The molecule has 0 saturated heterocycles. The molecule has 0 aromatic heterocycles. The van der Waals surface area contributed by atoms with E-state index < -0.39 is 0 Å². The summed E-state index contributed by atoms with van der Waals surface area (Å²) in [6.45, 7) is 0.989. The van der Waals surface area contributed by atoms with Crippen molar-refractivity contribution in [3.05, 3.63) is 47.0 Å². The van der Waals surface area contributed by atoms with E-state index in [1.54, 1.807) is 37.3 Å². The van der Waals surface area contributed by atoms with Gasteiger partial charge in [-0.25, -0.2) is 0 Å². The Morgan fingerprint density at radius 3 is 2.29 bits per heavy atom. The van der Waals surface area contributed by atoms with Gasteiger partial charge in [-0.3, -0.25) is 4.79 Å². The highest BCUT2D eigenvalue weighted by Crippen LogP contribution is 2.33. The lowest BCUT2D eigenvalue weighted by Crippen LogP contribution is -2.38. The number of carbonyl (C=O) groups excluding carboxylic acids is 1. The van der Waals surface area contributed by atoms with Crippen LogP contribution < -0.4 is 18.9 Å². The molecule has 2 aromatic rings. The van der Waals surface area contributed by atoms with Crippen LogP contribution in [0.1, 0.15) is 16.7 Å². The zero-order chi connectivity index (χ0) is 20.1. The van der Waals surface area contributed by atoms with Crippen LogP contribution >= 0.6 is 0 Å².